The van der Waals surface area contributed by atoms with Gasteiger partial charge >= 0.3 is 0 Å². The summed E-state index contributed by atoms with van der Waals surface area (Å²) in [6.07, 6.45) is 0.0518. The summed E-state index contributed by atoms with van der Waals surface area (Å²) >= 11 is 3.23. The van der Waals surface area contributed by atoms with Crippen molar-refractivity contribution in [3.63, 3.8) is 0 Å². The van der Waals surface area contributed by atoms with Crippen molar-refractivity contribution in [1.82, 2.24) is 10.3 Å². The number of nitrogens with zero attached hydrogens (tertiary/aromatic N) is 1. The smallest absolute Gasteiger partial charge is 0.224 e. The molecule has 3 aromatic rings. The number of thiazole rings is 1. The van der Waals surface area contributed by atoms with Crippen LogP contribution >= 0.6 is 22.7 Å². The molecular weight excluding hydrogens is 331 g/mol. The molecule has 6 heteroatoms. The van der Waals surface area contributed by atoms with Gasteiger partial charge in [-0.15, -0.1) is 22.7 Å². The zero-order valence-electron chi connectivity index (χ0n) is 12.5. The van der Waals surface area contributed by atoms with Crippen LogP contribution in [-0.2, 0) is 17.8 Å². The van der Waals surface area contributed by atoms with Crippen LogP contribution in [0.2, 0.25) is 0 Å². The Labute approximate surface area is 141 Å². The molecule has 0 bridgehead atoms. The Bertz CT molecular complexity index is 825. The molecule has 1 N–H and O–H groups in total. The molecule has 0 saturated heterocycles. The molecule has 0 atom stereocenters. The van der Waals surface area contributed by atoms with E-state index in [0.29, 0.717) is 12.1 Å². The van der Waals surface area contributed by atoms with Gasteiger partial charge in [-0.05, 0) is 30.7 Å². The molecule has 23 heavy (non-hydrogen) atoms. The van der Waals surface area contributed by atoms with Crippen LogP contribution < -0.4 is 5.32 Å². The van der Waals surface area contributed by atoms with Crippen molar-refractivity contribution < 1.29 is 9.18 Å². The van der Waals surface area contributed by atoms with Gasteiger partial charge in [-0.1, -0.05) is 18.2 Å². The molecule has 0 fully saturated rings. The lowest BCUT2D eigenvalue weighted by molar-refractivity contribution is -0.120. The van der Waals surface area contributed by atoms with E-state index in [2.05, 4.69) is 10.3 Å². The third kappa shape index (κ3) is 4.03. The molecule has 2 aromatic heterocycles. The fourth-order valence-electron chi connectivity index (χ4n) is 2.15. The first kappa shape index (κ1) is 15.8. The number of carbonyl (C=O) groups excluding carboxylic acids is 1. The van der Waals surface area contributed by atoms with Crippen LogP contribution in [0.3, 0.4) is 0 Å². The lowest BCUT2D eigenvalue weighted by atomic mass is 10.1. The number of benzene rings is 1. The average Bonchev–Trinajstić information content (AvgIpc) is 3.16. The van der Waals surface area contributed by atoms with Crippen LogP contribution in [0, 0.1) is 12.7 Å². The van der Waals surface area contributed by atoms with Gasteiger partial charge in [0.15, 0.2) is 0 Å². The van der Waals surface area contributed by atoms with E-state index in [9.17, 15) is 9.18 Å². The number of aryl methyl sites for hydroxylation is 1. The van der Waals surface area contributed by atoms with E-state index in [4.69, 9.17) is 0 Å². The quantitative estimate of drug-likeness (QED) is 0.753. The summed E-state index contributed by atoms with van der Waals surface area (Å²) in [5, 5.41) is 5.90. The maximum Gasteiger partial charge on any atom is 0.224 e. The third-order valence-corrected chi connectivity index (χ3v) is 5.18. The number of amides is 1. The largest absolute Gasteiger partial charge is 0.351 e. The van der Waals surface area contributed by atoms with Crippen LogP contribution in [0.4, 0.5) is 4.39 Å². The van der Waals surface area contributed by atoms with Crippen molar-refractivity contribution >= 4 is 28.6 Å². The van der Waals surface area contributed by atoms with Gasteiger partial charge in [-0.3, -0.25) is 4.79 Å². The van der Waals surface area contributed by atoms with Gasteiger partial charge in [0.1, 0.15) is 5.82 Å². The Morgan fingerprint density at radius 2 is 2.09 bits per heavy atom. The molecule has 1 amide bonds. The van der Waals surface area contributed by atoms with Crippen molar-refractivity contribution in [2.24, 2.45) is 0 Å². The summed E-state index contributed by atoms with van der Waals surface area (Å²) in [7, 11) is 0. The molecule has 0 saturated carbocycles. The number of hydrogen-bond donors (Lipinski definition) is 1. The Hall–Kier alpha value is -2.05. The minimum Gasteiger partial charge on any atom is -0.351 e. The van der Waals surface area contributed by atoms with Gasteiger partial charge in [0.05, 0.1) is 28.5 Å². The van der Waals surface area contributed by atoms with Gasteiger partial charge in [0.25, 0.3) is 0 Å². The van der Waals surface area contributed by atoms with Gasteiger partial charge in [-0.25, -0.2) is 9.37 Å². The minimum absolute atomic E-state index is 0.0518. The van der Waals surface area contributed by atoms with E-state index >= 15 is 0 Å². The Morgan fingerprint density at radius 1 is 1.26 bits per heavy atom. The number of halogens is 1. The highest BCUT2D eigenvalue weighted by molar-refractivity contribution is 7.16. The molecule has 0 aliphatic heterocycles. The number of hydrogen-bond acceptors (Lipinski definition) is 4. The number of thiophene rings is 1. The predicted molar refractivity (Wildman–Crippen MR) is 92.1 cm³/mol. The monoisotopic (exact) mass is 346 g/mol. The predicted octanol–water partition coefficient (Wildman–Crippen LogP) is 4.18. The minimum atomic E-state index is -0.347. The lowest BCUT2D eigenvalue weighted by Gasteiger charge is -2.04. The van der Waals surface area contributed by atoms with Gasteiger partial charge in [0, 0.05) is 10.3 Å². The molecule has 118 valence electrons. The summed E-state index contributed by atoms with van der Waals surface area (Å²) < 4.78 is 13.5. The van der Waals surface area contributed by atoms with Gasteiger partial charge in [-0.2, -0.15) is 0 Å². The molecule has 2 heterocycles. The maximum absolute atomic E-state index is 13.5. The molecule has 1 aromatic carbocycles. The van der Waals surface area contributed by atoms with E-state index in [0.717, 1.165) is 20.5 Å². The lowest BCUT2D eigenvalue weighted by Crippen LogP contribution is -2.24. The van der Waals surface area contributed by atoms with Crippen molar-refractivity contribution in [3.8, 4) is 10.6 Å². The average molecular weight is 346 g/mol. The molecule has 0 aliphatic carbocycles. The van der Waals surface area contributed by atoms with Gasteiger partial charge in [0.2, 0.25) is 5.91 Å². The van der Waals surface area contributed by atoms with E-state index < -0.39 is 0 Å². The zero-order valence-corrected chi connectivity index (χ0v) is 14.1. The van der Waals surface area contributed by atoms with Crippen molar-refractivity contribution in [3.05, 3.63) is 63.0 Å². The van der Waals surface area contributed by atoms with Crippen molar-refractivity contribution in [2.45, 2.75) is 19.9 Å². The van der Waals surface area contributed by atoms with E-state index in [1.165, 1.54) is 6.07 Å². The highest BCUT2D eigenvalue weighted by Gasteiger charge is 2.09. The van der Waals surface area contributed by atoms with E-state index in [-0.39, 0.29) is 18.1 Å². The Balaban J connectivity index is 1.57. The SMILES string of the molecule is Cc1nc(-c2ccc(CNC(=O)Cc3ccccc3F)s2)cs1. The van der Waals surface area contributed by atoms with Crippen molar-refractivity contribution in [1.29, 1.82) is 0 Å². The van der Waals surface area contributed by atoms with Gasteiger partial charge < -0.3 is 5.32 Å². The van der Waals surface area contributed by atoms with Crippen molar-refractivity contribution in [2.75, 3.05) is 0 Å². The summed E-state index contributed by atoms with van der Waals surface area (Å²) in [4.78, 5) is 18.5. The molecular formula is C17H15FN2OS2. The topological polar surface area (TPSA) is 42.0 Å². The molecule has 0 aliphatic rings. The number of rotatable bonds is 5. The Morgan fingerprint density at radius 3 is 2.83 bits per heavy atom. The second kappa shape index (κ2) is 7.02. The zero-order chi connectivity index (χ0) is 16.2. The summed E-state index contributed by atoms with van der Waals surface area (Å²) in [6, 6.07) is 10.3. The first-order chi connectivity index (χ1) is 11.1. The van der Waals surface area contributed by atoms with Crippen LogP contribution in [0.5, 0.6) is 0 Å². The third-order valence-electron chi connectivity index (χ3n) is 3.30. The summed E-state index contributed by atoms with van der Waals surface area (Å²) in [6.45, 7) is 2.42. The molecule has 3 nitrogen and oxygen atoms in total. The highest BCUT2D eigenvalue weighted by atomic mass is 32.1. The van der Waals surface area contributed by atoms with Crippen LogP contribution in [0.15, 0.2) is 41.8 Å². The molecule has 0 radical (unpaired) electrons. The van der Waals surface area contributed by atoms with E-state index in [1.807, 2.05) is 24.4 Å². The number of aromatic nitrogens is 1. The standard InChI is InChI=1S/C17H15FN2OS2/c1-11-20-15(10-22-11)16-7-6-13(23-16)9-19-17(21)8-12-4-2-3-5-14(12)18/h2-7,10H,8-9H2,1H3,(H,19,21). The Kier molecular flexibility index (Phi) is 4.83. The van der Waals surface area contributed by atoms with E-state index in [1.54, 1.807) is 40.9 Å². The second-order valence-corrected chi connectivity index (χ2v) is 7.29. The number of carbonyl (C=O) groups is 1. The summed E-state index contributed by atoms with van der Waals surface area (Å²) in [5.74, 6) is -0.533. The molecule has 0 spiro atoms. The first-order valence-electron chi connectivity index (χ1n) is 7.13. The normalized spacial score (nSPS) is 10.7. The maximum atomic E-state index is 13.5. The fourth-order valence-corrected chi connectivity index (χ4v) is 3.75. The highest BCUT2D eigenvalue weighted by Crippen LogP contribution is 2.28. The van der Waals surface area contributed by atoms with Crippen LogP contribution in [0.25, 0.3) is 10.6 Å². The second-order valence-electron chi connectivity index (χ2n) is 5.06. The first-order valence-corrected chi connectivity index (χ1v) is 8.83. The molecule has 3 rings (SSSR count). The number of nitrogens with one attached hydrogen (secondary N) is 1. The van der Waals surface area contributed by atoms with Crippen LogP contribution in [0.1, 0.15) is 15.4 Å². The fraction of sp³-hybridized carbons (Fsp3) is 0.176. The summed E-state index contributed by atoms with van der Waals surface area (Å²) in [5.41, 5.74) is 1.39. The molecule has 0 unspecified atom stereocenters. The van der Waals surface area contributed by atoms with Crippen LogP contribution in [-0.4, -0.2) is 10.9 Å².